The van der Waals surface area contributed by atoms with Crippen molar-refractivity contribution in [2.75, 3.05) is 20.4 Å². The van der Waals surface area contributed by atoms with E-state index < -0.39 is 21.1 Å². The fourth-order valence-corrected chi connectivity index (χ4v) is 2.85. The zero-order valence-electron chi connectivity index (χ0n) is 12.8. The van der Waals surface area contributed by atoms with Gasteiger partial charge in [-0.05, 0) is 19.8 Å². The molecule has 9 heteroatoms. The first kappa shape index (κ1) is 17.6. The maximum absolute atomic E-state index is 12.2. The predicted octanol–water partition coefficient (Wildman–Crippen LogP) is 1.13. The molecule has 0 aliphatic heterocycles. The molecule has 0 aliphatic rings. The highest BCUT2D eigenvalue weighted by Crippen LogP contribution is 2.13. The van der Waals surface area contributed by atoms with Crippen LogP contribution >= 0.6 is 0 Å². The summed E-state index contributed by atoms with van der Waals surface area (Å²) < 4.78 is 30.2. The molecule has 1 heterocycles. The van der Waals surface area contributed by atoms with E-state index in [1.807, 2.05) is 6.92 Å². The molecule has 1 aromatic rings. The predicted molar refractivity (Wildman–Crippen MR) is 76.6 cm³/mol. The van der Waals surface area contributed by atoms with E-state index >= 15 is 0 Å². The van der Waals surface area contributed by atoms with Gasteiger partial charge in [0.05, 0.1) is 5.25 Å². The lowest BCUT2D eigenvalue weighted by Gasteiger charge is -2.19. The SMILES string of the molecule is CCCN(COC)C(=O)n1cnc(S(=O)(=O)C(C)CC)n1. The van der Waals surface area contributed by atoms with Gasteiger partial charge >= 0.3 is 6.03 Å². The Kier molecular flexibility index (Phi) is 6.28. The smallest absolute Gasteiger partial charge is 0.348 e. The summed E-state index contributed by atoms with van der Waals surface area (Å²) in [6.07, 6.45) is 2.33. The van der Waals surface area contributed by atoms with E-state index in [0.717, 1.165) is 17.4 Å². The van der Waals surface area contributed by atoms with Gasteiger partial charge in [-0.15, -0.1) is 5.10 Å². The maximum atomic E-state index is 12.2. The Hall–Kier alpha value is -1.48. The van der Waals surface area contributed by atoms with Crippen molar-refractivity contribution in [3.8, 4) is 0 Å². The number of amides is 1. The van der Waals surface area contributed by atoms with Gasteiger partial charge in [0.1, 0.15) is 13.1 Å². The van der Waals surface area contributed by atoms with Crippen LogP contribution < -0.4 is 0 Å². The number of sulfone groups is 1. The molecule has 21 heavy (non-hydrogen) atoms. The first-order valence-electron chi connectivity index (χ1n) is 6.82. The van der Waals surface area contributed by atoms with Gasteiger partial charge in [0, 0.05) is 13.7 Å². The van der Waals surface area contributed by atoms with E-state index in [2.05, 4.69) is 10.1 Å². The maximum Gasteiger partial charge on any atom is 0.348 e. The minimum absolute atomic E-state index is 0.111. The van der Waals surface area contributed by atoms with Crippen molar-refractivity contribution < 1.29 is 17.9 Å². The molecule has 1 rings (SSSR count). The highest BCUT2D eigenvalue weighted by atomic mass is 32.2. The summed E-state index contributed by atoms with van der Waals surface area (Å²) in [6, 6.07) is -0.461. The van der Waals surface area contributed by atoms with Crippen LogP contribution in [0.4, 0.5) is 4.79 Å². The van der Waals surface area contributed by atoms with Gasteiger partial charge in [-0.25, -0.2) is 18.2 Å². The average Bonchev–Trinajstić information content (AvgIpc) is 2.95. The zero-order valence-corrected chi connectivity index (χ0v) is 13.6. The molecular weight excluding hydrogens is 296 g/mol. The number of carbonyl (C=O) groups is 1. The van der Waals surface area contributed by atoms with Crippen LogP contribution in [0.1, 0.15) is 33.6 Å². The molecule has 0 N–H and O–H groups in total. The minimum Gasteiger partial charge on any atom is -0.364 e. The monoisotopic (exact) mass is 318 g/mol. The Bertz CT molecular complexity index is 564. The fraction of sp³-hybridized carbons (Fsp3) is 0.750. The first-order chi connectivity index (χ1) is 9.88. The Morgan fingerprint density at radius 1 is 1.48 bits per heavy atom. The van der Waals surface area contributed by atoms with Crippen molar-refractivity contribution in [1.29, 1.82) is 0 Å². The molecule has 1 atom stereocenters. The third-order valence-electron chi connectivity index (χ3n) is 3.07. The van der Waals surface area contributed by atoms with Crippen molar-refractivity contribution in [2.24, 2.45) is 0 Å². The van der Waals surface area contributed by atoms with Crippen molar-refractivity contribution in [1.82, 2.24) is 19.7 Å². The van der Waals surface area contributed by atoms with Crippen LogP contribution in [-0.2, 0) is 14.6 Å². The molecule has 8 nitrogen and oxygen atoms in total. The molecule has 0 aliphatic carbocycles. The van der Waals surface area contributed by atoms with E-state index in [9.17, 15) is 13.2 Å². The van der Waals surface area contributed by atoms with Gasteiger partial charge in [-0.2, -0.15) is 4.68 Å². The van der Waals surface area contributed by atoms with Crippen molar-refractivity contribution in [3.63, 3.8) is 0 Å². The van der Waals surface area contributed by atoms with Crippen molar-refractivity contribution in [3.05, 3.63) is 6.33 Å². The molecule has 0 saturated carbocycles. The van der Waals surface area contributed by atoms with Crippen LogP contribution in [0.15, 0.2) is 11.5 Å². The van der Waals surface area contributed by atoms with E-state index in [-0.39, 0.29) is 11.9 Å². The quantitative estimate of drug-likeness (QED) is 0.700. The van der Waals surface area contributed by atoms with E-state index in [1.165, 1.54) is 12.0 Å². The zero-order chi connectivity index (χ0) is 16.0. The number of rotatable bonds is 7. The average molecular weight is 318 g/mol. The van der Waals surface area contributed by atoms with Gasteiger partial charge in [-0.1, -0.05) is 13.8 Å². The number of methoxy groups -OCH3 is 1. The summed E-state index contributed by atoms with van der Waals surface area (Å²) in [5.74, 6) is 0. The normalized spacial score (nSPS) is 13.1. The molecule has 0 fully saturated rings. The number of nitrogens with zero attached hydrogens (tertiary/aromatic N) is 4. The molecule has 0 saturated heterocycles. The largest absolute Gasteiger partial charge is 0.364 e. The highest BCUT2D eigenvalue weighted by molar-refractivity contribution is 7.91. The number of carbonyl (C=O) groups excluding carboxylic acids is 1. The first-order valence-corrected chi connectivity index (χ1v) is 8.36. The lowest BCUT2D eigenvalue weighted by atomic mass is 10.4. The van der Waals surface area contributed by atoms with E-state index in [0.29, 0.717) is 13.0 Å². The molecular formula is C12H22N4O4S. The topological polar surface area (TPSA) is 94.4 Å². The van der Waals surface area contributed by atoms with Gasteiger partial charge < -0.3 is 4.74 Å². The number of aromatic nitrogens is 3. The summed E-state index contributed by atoms with van der Waals surface area (Å²) in [5, 5.41) is 2.90. The second-order valence-corrected chi connectivity index (χ2v) is 6.96. The van der Waals surface area contributed by atoms with Crippen LogP contribution in [0.2, 0.25) is 0 Å². The second-order valence-electron chi connectivity index (χ2n) is 4.70. The fourth-order valence-electron chi connectivity index (χ4n) is 1.66. The number of ether oxygens (including phenoxy) is 1. The summed E-state index contributed by atoms with van der Waals surface area (Å²) >= 11 is 0. The van der Waals surface area contributed by atoms with Crippen molar-refractivity contribution in [2.45, 2.75) is 44.0 Å². The molecule has 0 spiro atoms. The van der Waals surface area contributed by atoms with Gasteiger partial charge in [0.25, 0.3) is 5.16 Å². The molecule has 1 unspecified atom stereocenters. The van der Waals surface area contributed by atoms with Crippen LogP contribution in [0.5, 0.6) is 0 Å². The minimum atomic E-state index is -3.60. The third-order valence-corrected chi connectivity index (χ3v) is 5.16. The molecule has 0 aromatic carbocycles. The van der Waals surface area contributed by atoms with Crippen LogP contribution in [-0.4, -0.2) is 59.7 Å². The van der Waals surface area contributed by atoms with Crippen LogP contribution in [0, 0.1) is 0 Å². The summed E-state index contributed by atoms with van der Waals surface area (Å²) in [5.41, 5.74) is 0. The summed E-state index contributed by atoms with van der Waals surface area (Å²) in [7, 11) is -2.11. The third kappa shape index (κ3) is 4.01. The Balaban J connectivity index is 3.00. The standard InChI is InChI=1S/C12H22N4O4S/c1-5-7-15(9-20-4)12(17)16-8-13-11(14-16)21(18,19)10(3)6-2/h8,10H,5-7,9H2,1-4H3. The van der Waals surface area contributed by atoms with Crippen LogP contribution in [0.3, 0.4) is 0 Å². The summed E-state index contributed by atoms with van der Waals surface area (Å²) in [4.78, 5) is 17.4. The summed E-state index contributed by atoms with van der Waals surface area (Å²) in [6.45, 7) is 5.88. The highest BCUT2D eigenvalue weighted by Gasteiger charge is 2.27. The molecule has 0 radical (unpaired) electrons. The lowest BCUT2D eigenvalue weighted by molar-refractivity contribution is 0.0818. The molecule has 1 amide bonds. The van der Waals surface area contributed by atoms with Gasteiger partial charge in [-0.3, -0.25) is 4.90 Å². The Morgan fingerprint density at radius 3 is 2.67 bits per heavy atom. The molecule has 120 valence electrons. The van der Waals surface area contributed by atoms with E-state index in [4.69, 9.17) is 4.74 Å². The van der Waals surface area contributed by atoms with Crippen molar-refractivity contribution >= 4 is 15.9 Å². The Morgan fingerprint density at radius 2 is 2.14 bits per heavy atom. The van der Waals surface area contributed by atoms with Gasteiger partial charge in [0.15, 0.2) is 0 Å². The van der Waals surface area contributed by atoms with Crippen LogP contribution in [0.25, 0.3) is 0 Å². The number of hydrogen-bond donors (Lipinski definition) is 0. The second kappa shape index (κ2) is 7.51. The molecule has 0 bridgehead atoms. The Labute approximate surface area is 125 Å². The van der Waals surface area contributed by atoms with Gasteiger partial charge in [0.2, 0.25) is 9.84 Å². The lowest BCUT2D eigenvalue weighted by Crippen LogP contribution is -2.37. The molecule has 1 aromatic heterocycles. The van der Waals surface area contributed by atoms with E-state index in [1.54, 1.807) is 13.8 Å². The number of hydrogen-bond acceptors (Lipinski definition) is 6.